The van der Waals surface area contributed by atoms with Crippen LogP contribution in [0.2, 0.25) is 0 Å². The Morgan fingerprint density at radius 1 is 1.19 bits per heavy atom. The highest BCUT2D eigenvalue weighted by Gasteiger charge is 2.14. The molecule has 0 saturated heterocycles. The third kappa shape index (κ3) is 3.66. The summed E-state index contributed by atoms with van der Waals surface area (Å²) in [6.07, 6.45) is 4.76. The summed E-state index contributed by atoms with van der Waals surface area (Å²) in [6.45, 7) is 0.181. The summed E-state index contributed by atoms with van der Waals surface area (Å²) in [5.74, 6) is 0.255. The number of hydrogen-bond acceptors (Lipinski definition) is 4. The highest BCUT2D eigenvalue weighted by molar-refractivity contribution is 5.97. The molecule has 6 nitrogen and oxygen atoms in total. The van der Waals surface area contributed by atoms with Gasteiger partial charge in [-0.15, -0.1) is 0 Å². The summed E-state index contributed by atoms with van der Waals surface area (Å²) < 4.78 is 26.2. The molecular formula is C19H18FN3O3. The van der Waals surface area contributed by atoms with Gasteiger partial charge in [-0.2, -0.15) is 0 Å². The Kier molecular flexibility index (Phi) is 5.17. The maximum atomic E-state index is 14.3. The molecule has 0 atom stereocenters. The highest BCUT2D eigenvalue weighted by atomic mass is 19.1. The molecule has 0 aliphatic rings. The Hall–Kier alpha value is -3.35. The lowest BCUT2D eigenvalue weighted by molar-refractivity contribution is 0.0947. The zero-order valence-corrected chi connectivity index (χ0v) is 14.4. The number of amides is 1. The number of methoxy groups -OCH3 is 2. The van der Waals surface area contributed by atoms with Gasteiger partial charge in [0, 0.05) is 18.9 Å². The molecule has 0 unspecified atom stereocenters. The first-order valence-electron chi connectivity index (χ1n) is 7.89. The van der Waals surface area contributed by atoms with Crippen molar-refractivity contribution in [2.75, 3.05) is 14.2 Å². The van der Waals surface area contributed by atoms with Crippen molar-refractivity contribution < 1.29 is 18.7 Å². The minimum Gasteiger partial charge on any atom is -0.497 e. The van der Waals surface area contributed by atoms with Gasteiger partial charge in [-0.3, -0.25) is 4.79 Å². The fraction of sp³-hybridized carbons (Fsp3) is 0.158. The van der Waals surface area contributed by atoms with Crippen LogP contribution in [0.5, 0.6) is 11.5 Å². The van der Waals surface area contributed by atoms with E-state index in [9.17, 15) is 9.18 Å². The number of hydrogen-bond donors (Lipinski definition) is 1. The SMILES string of the molecule is COc1ccc(OC)c(C(=O)NCc2ccc(-n3ccnc3)c(F)c2)c1. The predicted octanol–water partition coefficient (Wildman–Crippen LogP) is 2.96. The number of nitrogens with one attached hydrogen (secondary N) is 1. The van der Waals surface area contributed by atoms with Gasteiger partial charge in [0.1, 0.15) is 17.3 Å². The zero-order valence-electron chi connectivity index (χ0n) is 14.4. The van der Waals surface area contributed by atoms with E-state index in [1.54, 1.807) is 47.3 Å². The second-order valence-corrected chi connectivity index (χ2v) is 5.50. The van der Waals surface area contributed by atoms with E-state index in [0.717, 1.165) is 0 Å². The molecule has 1 aromatic heterocycles. The Morgan fingerprint density at radius 3 is 2.69 bits per heavy atom. The van der Waals surface area contributed by atoms with E-state index in [4.69, 9.17) is 9.47 Å². The lowest BCUT2D eigenvalue weighted by Crippen LogP contribution is -2.23. The van der Waals surface area contributed by atoms with Gasteiger partial charge < -0.3 is 19.4 Å². The third-order valence-corrected chi connectivity index (χ3v) is 3.90. The van der Waals surface area contributed by atoms with E-state index in [2.05, 4.69) is 10.3 Å². The largest absolute Gasteiger partial charge is 0.497 e. The average Bonchev–Trinajstić information content (AvgIpc) is 3.20. The Labute approximate surface area is 150 Å². The van der Waals surface area contributed by atoms with Crippen LogP contribution in [0.25, 0.3) is 5.69 Å². The maximum absolute atomic E-state index is 14.3. The molecule has 0 fully saturated rings. The molecule has 1 heterocycles. The number of carbonyl (C=O) groups is 1. The van der Waals surface area contributed by atoms with Crippen LogP contribution in [0.3, 0.4) is 0 Å². The fourth-order valence-electron chi connectivity index (χ4n) is 2.54. The molecule has 0 bridgehead atoms. The van der Waals surface area contributed by atoms with Gasteiger partial charge in [0.25, 0.3) is 5.91 Å². The van der Waals surface area contributed by atoms with Gasteiger partial charge in [0.2, 0.25) is 0 Å². The van der Waals surface area contributed by atoms with Crippen LogP contribution in [0.1, 0.15) is 15.9 Å². The Morgan fingerprint density at radius 2 is 2.04 bits per heavy atom. The summed E-state index contributed by atoms with van der Waals surface area (Å²) >= 11 is 0. The van der Waals surface area contributed by atoms with Crippen molar-refractivity contribution in [3.8, 4) is 17.2 Å². The first kappa shape index (κ1) is 17.5. The fourth-order valence-corrected chi connectivity index (χ4v) is 2.54. The smallest absolute Gasteiger partial charge is 0.255 e. The van der Waals surface area contributed by atoms with Crippen molar-refractivity contribution in [2.45, 2.75) is 6.54 Å². The number of carbonyl (C=O) groups excluding carboxylic acids is 1. The number of ether oxygens (including phenoxy) is 2. The van der Waals surface area contributed by atoms with Gasteiger partial charge in [-0.25, -0.2) is 9.37 Å². The Bertz CT molecular complexity index is 910. The second kappa shape index (κ2) is 7.69. The monoisotopic (exact) mass is 355 g/mol. The summed E-state index contributed by atoms with van der Waals surface area (Å²) in [4.78, 5) is 16.4. The summed E-state index contributed by atoms with van der Waals surface area (Å²) in [6, 6.07) is 9.74. The zero-order chi connectivity index (χ0) is 18.5. The molecule has 26 heavy (non-hydrogen) atoms. The van der Waals surface area contributed by atoms with Gasteiger partial charge in [-0.1, -0.05) is 6.07 Å². The number of nitrogens with zero attached hydrogens (tertiary/aromatic N) is 2. The lowest BCUT2D eigenvalue weighted by atomic mass is 10.1. The van der Waals surface area contributed by atoms with Gasteiger partial charge >= 0.3 is 0 Å². The van der Waals surface area contributed by atoms with Crippen molar-refractivity contribution in [1.82, 2.24) is 14.9 Å². The van der Waals surface area contributed by atoms with Crippen LogP contribution < -0.4 is 14.8 Å². The van der Waals surface area contributed by atoms with E-state index in [-0.39, 0.29) is 12.5 Å². The molecule has 2 aromatic carbocycles. The van der Waals surface area contributed by atoms with E-state index in [0.29, 0.717) is 28.3 Å². The molecule has 0 aliphatic carbocycles. The van der Waals surface area contributed by atoms with E-state index in [1.807, 2.05) is 0 Å². The normalized spacial score (nSPS) is 10.4. The molecular weight excluding hydrogens is 337 g/mol. The number of benzene rings is 2. The first-order valence-corrected chi connectivity index (χ1v) is 7.89. The molecule has 0 aliphatic heterocycles. The molecule has 1 amide bonds. The first-order chi connectivity index (χ1) is 12.6. The van der Waals surface area contributed by atoms with Crippen molar-refractivity contribution in [3.05, 3.63) is 72.1 Å². The number of aromatic nitrogens is 2. The van der Waals surface area contributed by atoms with E-state index in [1.165, 1.54) is 26.6 Å². The minimum atomic E-state index is -0.395. The second-order valence-electron chi connectivity index (χ2n) is 5.50. The molecule has 0 spiro atoms. The van der Waals surface area contributed by atoms with E-state index < -0.39 is 5.82 Å². The van der Waals surface area contributed by atoms with Gasteiger partial charge in [0.05, 0.1) is 31.8 Å². The molecule has 3 aromatic rings. The number of rotatable bonds is 6. The molecule has 7 heteroatoms. The van der Waals surface area contributed by atoms with Crippen molar-refractivity contribution in [2.24, 2.45) is 0 Å². The molecule has 0 saturated carbocycles. The minimum absolute atomic E-state index is 0.181. The number of imidazole rings is 1. The topological polar surface area (TPSA) is 65.4 Å². The van der Waals surface area contributed by atoms with Crippen molar-refractivity contribution in [3.63, 3.8) is 0 Å². The lowest BCUT2D eigenvalue weighted by Gasteiger charge is -2.11. The van der Waals surface area contributed by atoms with Crippen LogP contribution >= 0.6 is 0 Å². The number of halogens is 1. The van der Waals surface area contributed by atoms with Gasteiger partial charge in [-0.05, 0) is 35.9 Å². The van der Waals surface area contributed by atoms with Crippen LogP contribution in [-0.4, -0.2) is 29.7 Å². The molecule has 3 rings (SSSR count). The Balaban J connectivity index is 1.73. The maximum Gasteiger partial charge on any atom is 0.255 e. The van der Waals surface area contributed by atoms with Crippen LogP contribution in [0, 0.1) is 5.82 Å². The van der Waals surface area contributed by atoms with Gasteiger partial charge in [0.15, 0.2) is 0 Å². The van der Waals surface area contributed by atoms with Crippen LogP contribution in [0.4, 0.5) is 4.39 Å². The molecule has 0 radical (unpaired) electrons. The molecule has 134 valence electrons. The van der Waals surface area contributed by atoms with Crippen molar-refractivity contribution in [1.29, 1.82) is 0 Å². The summed E-state index contributed by atoms with van der Waals surface area (Å²) in [5.41, 5.74) is 1.39. The summed E-state index contributed by atoms with van der Waals surface area (Å²) in [5, 5.41) is 2.76. The standard InChI is InChI=1S/C19H18FN3O3/c1-25-14-4-6-18(26-2)15(10-14)19(24)22-11-13-3-5-17(16(20)9-13)23-8-7-21-12-23/h3-10,12H,11H2,1-2H3,(H,22,24). The van der Waals surface area contributed by atoms with Crippen molar-refractivity contribution >= 4 is 5.91 Å². The predicted molar refractivity (Wildman–Crippen MR) is 94.2 cm³/mol. The highest BCUT2D eigenvalue weighted by Crippen LogP contribution is 2.24. The third-order valence-electron chi connectivity index (χ3n) is 3.90. The average molecular weight is 355 g/mol. The van der Waals surface area contributed by atoms with Crippen LogP contribution in [0.15, 0.2) is 55.1 Å². The van der Waals surface area contributed by atoms with Crippen LogP contribution in [-0.2, 0) is 6.54 Å². The quantitative estimate of drug-likeness (QED) is 0.738. The molecule has 1 N–H and O–H groups in total. The summed E-state index contributed by atoms with van der Waals surface area (Å²) in [7, 11) is 3.01. The van der Waals surface area contributed by atoms with E-state index >= 15 is 0 Å².